The van der Waals surface area contributed by atoms with Crippen molar-refractivity contribution in [1.29, 1.82) is 0 Å². The number of pyridine rings is 1. The van der Waals surface area contributed by atoms with E-state index >= 15 is 0 Å². The van der Waals surface area contributed by atoms with E-state index < -0.39 is 0 Å². The van der Waals surface area contributed by atoms with Crippen LogP contribution in [0.5, 0.6) is 0 Å². The summed E-state index contributed by atoms with van der Waals surface area (Å²) in [5.74, 6) is 0.609. The van der Waals surface area contributed by atoms with E-state index in [2.05, 4.69) is 20.1 Å². The molecule has 0 spiro atoms. The van der Waals surface area contributed by atoms with Crippen LogP contribution < -0.4 is 15.1 Å². The van der Waals surface area contributed by atoms with Crippen molar-refractivity contribution in [3.63, 3.8) is 0 Å². The number of para-hydroxylation sites is 1. The Hall–Kier alpha value is -3.41. The first-order valence-corrected chi connectivity index (χ1v) is 9.73. The predicted molar refractivity (Wildman–Crippen MR) is 114 cm³/mol. The number of rotatable bonds is 5. The highest BCUT2D eigenvalue weighted by Gasteiger charge is 2.20. The number of aromatic nitrogens is 1. The molecule has 0 saturated carbocycles. The molecule has 1 amide bonds. The maximum absolute atomic E-state index is 14.0. The Labute approximate surface area is 169 Å². The van der Waals surface area contributed by atoms with Crippen LogP contribution >= 0.6 is 0 Å². The molecule has 2 heterocycles. The van der Waals surface area contributed by atoms with Gasteiger partial charge in [-0.3, -0.25) is 4.79 Å². The van der Waals surface area contributed by atoms with E-state index in [1.165, 1.54) is 6.07 Å². The summed E-state index contributed by atoms with van der Waals surface area (Å²) in [5.41, 5.74) is 2.30. The van der Waals surface area contributed by atoms with Gasteiger partial charge in [-0.1, -0.05) is 42.5 Å². The summed E-state index contributed by atoms with van der Waals surface area (Å²) in [7, 11) is 0. The Kier molecular flexibility index (Phi) is 5.70. The molecule has 6 heteroatoms. The smallest absolute Gasteiger partial charge is 0.228 e. The second kappa shape index (κ2) is 8.73. The zero-order valence-corrected chi connectivity index (χ0v) is 16.1. The van der Waals surface area contributed by atoms with Gasteiger partial charge in [-0.2, -0.15) is 0 Å². The van der Waals surface area contributed by atoms with Crippen LogP contribution in [-0.2, 0) is 11.2 Å². The summed E-state index contributed by atoms with van der Waals surface area (Å²) in [6.45, 7) is 3.00. The number of piperazine rings is 1. The SMILES string of the molecule is O=C(Cc1ccccc1)Nc1ccc(N2CCN(c3ccccc3F)CC2)nc1. The van der Waals surface area contributed by atoms with E-state index in [9.17, 15) is 9.18 Å². The number of halogens is 1. The van der Waals surface area contributed by atoms with Crippen molar-refractivity contribution in [2.24, 2.45) is 0 Å². The van der Waals surface area contributed by atoms with E-state index in [1.54, 1.807) is 12.3 Å². The zero-order chi connectivity index (χ0) is 20.1. The second-order valence-electron chi connectivity index (χ2n) is 7.04. The van der Waals surface area contributed by atoms with Gasteiger partial charge in [0.25, 0.3) is 0 Å². The molecule has 1 saturated heterocycles. The van der Waals surface area contributed by atoms with E-state index in [4.69, 9.17) is 0 Å². The zero-order valence-electron chi connectivity index (χ0n) is 16.1. The van der Waals surface area contributed by atoms with Gasteiger partial charge in [0.05, 0.1) is 24.0 Å². The van der Waals surface area contributed by atoms with Crippen molar-refractivity contribution in [2.75, 3.05) is 41.3 Å². The summed E-state index contributed by atoms with van der Waals surface area (Å²) in [6, 6.07) is 20.3. The van der Waals surface area contributed by atoms with Crippen molar-refractivity contribution < 1.29 is 9.18 Å². The van der Waals surface area contributed by atoms with Crippen molar-refractivity contribution >= 4 is 23.1 Å². The maximum atomic E-state index is 14.0. The van der Waals surface area contributed by atoms with E-state index in [0.29, 0.717) is 17.8 Å². The number of carbonyl (C=O) groups excluding carboxylic acids is 1. The van der Waals surface area contributed by atoms with Crippen molar-refractivity contribution in [3.8, 4) is 0 Å². The summed E-state index contributed by atoms with van der Waals surface area (Å²) in [6.07, 6.45) is 2.02. The lowest BCUT2D eigenvalue weighted by Gasteiger charge is -2.36. The van der Waals surface area contributed by atoms with Crippen molar-refractivity contribution in [2.45, 2.75) is 6.42 Å². The molecule has 0 aliphatic carbocycles. The molecule has 2 aromatic carbocycles. The highest BCUT2D eigenvalue weighted by Crippen LogP contribution is 2.22. The van der Waals surface area contributed by atoms with Gasteiger partial charge >= 0.3 is 0 Å². The Morgan fingerprint density at radius 2 is 1.59 bits per heavy atom. The molecule has 1 N–H and O–H groups in total. The molecule has 0 bridgehead atoms. The number of hydrogen-bond acceptors (Lipinski definition) is 4. The van der Waals surface area contributed by atoms with Gasteiger partial charge in [-0.05, 0) is 29.8 Å². The van der Waals surface area contributed by atoms with Crippen LogP contribution in [0, 0.1) is 5.82 Å². The fraction of sp³-hybridized carbons (Fsp3) is 0.217. The normalized spacial score (nSPS) is 14.0. The van der Waals surface area contributed by atoms with Crippen molar-refractivity contribution in [3.05, 3.63) is 84.3 Å². The third kappa shape index (κ3) is 4.71. The van der Waals surface area contributed by atoms with Crippen LogP contribution in [0.15, 0.2) is 72.9 Å². The average molecular weight is 390 g/mol. The molecule has 1 aliphatic rings. The van der Waals surface area contributed by atoms with Crippen LogP contribution in [0.4, 0.5) is 21.6 Å². The molecular formula is C23H23FN4O. The van der Waals surface area contributed by atoms with Crippen molar-refractivity contribution in [1.82, 2.24) is 4.98 Å². The fourth-order valence-corrected chi connectivity index (χ4v) is 3.52. The van der Waals surface area contributed by atoms with Gasteiger partial charge < -0.3 is 15.1 Å². The molecule has 1 aromatic heterocycles. The largest absolute Gasteiger partial charge is 0.366 e. The highest BCUT2D eigenvalue weighted by atomic mass is 19.1. The van der Waals surface area contributed by atoms with Gasteiger partial charge in [0.2, 0.25) is 5.91 Å². The van der Waals surface area contributed by atoms with Gasteiger partial charge in [0.15, 0.2) is 0 Å². The summed E-state index contributed by atoms with van der Waals surface area (Å²) >= 11 is 0. The quantitative estimate of drug-likeness (QED) is 0.721. The molecule has 3 aromatic rings. The van der Waals surface area contributed by atoms with E-state index in [0.717, 1.165) is 37.6 Å². The predicted octanol–water partition coefficient (Wildman–Crippen LogP) is 3.73. The summed E-state index contributed by atoms with van der Waals surface area (Å²) in [4.78, 5) is 20.9. The third-order valence-electron chi connectivity index (χ3n) is 5.04. The Balaban J connectivity index is 1.32. The highest BCUT2D eigenvalue weighted by molar-refractivity contribution is 5.92. The first kappa shape index (κ1) is 18.9. The molecule has 1 aliphatic heterocycles. The Morgan fingerprint density at radius 1 is 0.897 bits per heavy atom. The number of nitrogens with zero attached hydrogens (tertiary/aromatic N) is 3. The Morgan fingerprint density at radius 3 is 2.28 bits per heavy atom. The van der Waals surface area contributed by atoms with Crippen LogP contribution in [0.25, 0.3) is 0 Å². The first-order chi connectivity index (χ1) is 14.2. The van der Waals surface area contributed by atoms with E-state index in [1.807, 2.05) is 54.6 Å². The lowest BCUT2D eigenvalue weighted by atomic mass is 10.1. The van der Waals surface area contributed by atoms with Gasteiger partial charge in [0, 0.05) is 26.2 Å². The molecule has 0 unspecified atom stereocenters. The van der Waals surface area contributed by atoms with Crippen LogP contribution in [0.3, 0.4) is 0 Å². The number of nitrogens with one attached hydrogen (secondary N) is 1. The molecule has 148 valence electrons. The minimum atomic E-state index is -0.185. The topological polar surface area (TPSA) is 48.5 Å². The molecule has 29 heavy (non-hydrogen) atoms. The minimum absolute atomic E-state index is 0.0655. The maximum Gasteiger partial charge on any atom is 0.228 e. The second-order valence-corrected chi connectivity index (χ2v) is 7.04. The van der Waals surface area contributed by atoms with Crippen LogP contribution in [0.2, 0.25) is 0 Å². The number of hydrogen-bond donors (Lipinski definition) is 1. The molecular weight excluding hydrogens is 367 g/mol. The first-order valence-electron chi connectivity index (χ1n) is 9.73. The lowest BCUT2D eigenvalue weighted by Crippen LogP contribution is -2.47. The van der Waals surface area contributed by atoms with E-state index in [-0.39, 0.29) is 11.7 Å². The minimum Gasteiger partial charge on any atom is -0.366 e. The van der Waals surface area contributed by atoms with Crippen LogP contribution in [-0.4, -0.2) is 37.1 Å². The molecule has 4 rings (SSSR count). The third-order valence-corrected chi connectivity index (χ3v) is 5.04. The van der Waals surface area contributed by atoms with Gasteiger partial charge in [-0.15, -0.1) is 0 Å². The molecule has 0 radical (unpaired) electrons. The monoisotopic (exact) mass is 390 g/mol. The summed E-state index contributed by atoms with van der Waals surface area (Å²) < 4.78 is 14.0. The molecule has 0 atom stereocenters. The number of amides is 1. The van der Waals surface area contributed by atoms with Gasteiger partial charge in [0.1, 0.15) is 11.6 Å². The number of benzene rings is 2. The van der Waals surface area contributed by atoms with Gasteiger partial charge in [-0.25, -0.2) is 9.37 Å². The Bertz CT molecular complexity index is 954. The standard InChI is InChI=1S/C23H23FN4O/c24-20-8-4-5-9-21(20)27-12-14-28(15-13-27)22-11-10-19(17-25-22)26-23(29)16-18-6-2-1-3-7-18/h1-11,17H,12-16H2,(H,26,29). The fourth-order valence-electron chi connectivity index (χ4n) is 3.52. The lowest BCUT2D eigenvalue weighted by molar-refractivity contribution is -0.115. The average Bonchev–Trinajstić information content (AvgIpc) is 2.75. The molecule has 5 nitrogen and oxygen atoms in total. The molecule has 1 fully saturated rings. The summed E-state index contributed by atoms with van der Waals surface area (Å²) in [5, 5.41) is 2.89. The number of anilines is 3. The van der Waals surface area contributed by atoms with Crippen LogP contribution in [0.1, 0.15) is 5.56 Å². The number of carbonyl (C=O) groups is 1.